The van der Waals surface area contributed by atoms with E-state index in [9.17, 15) is 19.8 Å². The van der Waals surface area contributed by atoms with Crippen LogP contribution in [0.5, 0.6) is 11.5 Å². The number of aryl methyl sites for hydroxylation is 1. The zero-order valence-electron chi connectivity index (χ0n) is 16.8. The summed E-state index contributed by atoms with van der Waals surface area (Å²) < 4.78 is 5.19. The molecule has 0 aromatic heterocycles. The molecule has 6 nitrogen and oxygen atoms in total. The Kier molecular flexibility index (Phi) is 5.92. The summed E-state index contributed by atoms with van der Waals surface area (Å²) in [4.78, 5) is 27.1. The number of rotatable bonds is 6. The van der Waals surface area contributed by atoms with Crippen molar-refractivity contribution in [1.82, 2.24) is 4.90 Å². The predicted octanol–water partition coefficient (Wildman–Crippen LogP) is 3.93. The first-order valence-electron chi connectivity index (χ1n) is 9.61. The fraction of sp³-hybridized carbons (Fsp3) is 0.304. The quantitative estimate of drug-likeness (QED) is 0.440. The lowest BCUT2D eigenvalue weighted by atomic mass is 9.94. The van der Waals surface area contributed by atoms with Crippen molar-refractivity contribution in [2.45, 2.75) is 32.7 Å². The Balaban J connectivity index is 2.18. The topological polar surface area (TPSA) is 87.1 Å². The van der Waals surface area contributed by atoms with Crippen LogP contribution in [-0.4, -0.2) is 40.5 Å². The van der Waals surface area contributed by atoms with Crippen LogP contribution in [0.3, 0.4) is 0 Å². The number of aliphatic hydroxyl groups is 1. The number of hydrogen-bond donors (Lipinski definition) is 2. The summed E-state index contributed by atoms with van der Waals surface area (Å²) in [5.41, 5.74) is 2.12. The Morgan fingerprint density at radius 2 is 1.83 bits per heavy atom. The molecule has 1 saturated heterocycles. The molecule has 1 aliphatic heterocycles. The van der Waals surface area contributed by atoms with Gasteiger partial charge in [0.25, 0.3) is 11.7 Å². The third-order valence-electron chi connectivity index (χ3n) is 5.14. The van der Waals surface area contributed by atoms with Crippen LogP contribution in [0.25, 0.3) is 5.76 Å². The fourth-order valence-corrected chi connectivity index (χ4v) is 3.52. The van der Waals surface area contributed by atoms with Gasteiger partial charge in [0.2, 0.25) is 0 Å². The Labute approximate surface area is 170 Å². The minimum Gasteiger partial charge on any atom is -0.507 e. The van der Waals surface area contributed by atoms with Gasteiger partial charge in [-0.15, -0.1) is 0 Å². The summed E-state index contributed by atoms with van der Waals surface area (Å²) in [6.07, 6.45) is 1.58. The van der Waals surface area contributed by atoms with E-state index in [0.29, 0.717) is 17.7 Å². The second-order valence-corrected chi connectivity index (χ2v) is 7.14. The van der Waals surface area contributed by atoms with Crippen LogP contribution in [-0.2, 0) is 9.59 Å². The number of aliphatic hydroxyl groups excluding tert-OH is 1. The maximum atomic E-state index is 12.9. The molecule has 0 spiro atoms. The van der Waals surface area contributed by atoms with Gasteiger partial charge >= 0.3 is 0 Å². The van der Waals surface area contributed by atoms with Crippen LogP contribution in [0.2, 0.25) is 0 Å². The van der Waals surface area contributed by atoms with Crippen molar-refractivity contribution in [1.29, 1.82) is 0 Å². The first-order valence-corrected chi connectivity index (χ1v) is 9.61. The molecule has 1 amide bonds. The van der Waals surface area contributed by atoms with Gasteiger partial charge in [0, 0.05) is 12.1 Å². The normalized spacial score (nSPS) is 18.3. The zero-order valence-corrected chi connectivity index (χ0v) is 16.8. The monoisotopic (exact) mass is 395 g/mol. The first kappa shape index (κ1) is 20.5. The maximum absolute atomic E-state index is 12.9. The van der Waals surface area contributed by atoms with Gasteiger partial charge in [0.1, 0.15) is 5.76 Å². The standard InChI is InChI=1S/C23H25NO5/c1-4-5-12-24-20(16-10-11-17(25)18(13-16)29-3)19(22(27)23(24)28)21(26)15-8-6-14(2)7-9-15/h6-11,13,20,25-26H,4-5,12H2,1-3H3/b21-19+/t20-/m0/s1. The van der Waals surface area contributed by atoms with E-state index >= 15 is 0 Å². The molecule has 2 N–H and O–H groups in total. The summed E-state index contributed by atoms with van der Waals surface area (Å²) in [7, 11) is 1.43. The molecule has 6 heteroatoms. The highest BCUT2D eigenvalue weighted by atomic mass is 16.5. The molecule has 0 radical (unpaired) electrons. The molecule has 152 valence electrons. The van der Waals surface area contributed by atoms with E-state index in [1.807, 2.05) is 26.0 Å². The number of aromatic hydroxyl groups is 1. The average molecular weight is 395 g/mol. The molecule has 1 atom stereocenters. The Bertz CT molecular complexity index is 962. The maximum Gasteiger partial charge on any atom is 0.295 e. The highest BCUT2D eigenvalue weighted by molar-refractivity contribution is 6.46. The lowest BCUT2D eigenvalue weighted by Crippen LogP contribution is -2.30. The van der Waals surface area contributed by atoms with Crippen molar-refractivity contribution in [2.75, 3.05) is 13.7 Å². The van der Waals surface area contributed by atoms with Gasteiger partial charge < -0.3 is 19.8 Å². The SMILES string of the molecule is CCCCN1C(=O)C(=O)/C(=C(/O)c2ccc(C)cc2)[C@@H]1c1ccc(O)c(OC)c1. The van der Waals surface area contributed by atoms with Crippen molar-refractivity contribution >= 4 is 17.4 Å². The summed E-state index contributed by atoms with van der Waals surface area (Å²) in [6, 6.07) is 11.0. The van der Waals surface area contributed by atoms with E-state index in [2.05, 4.69) is 0 Å². The van der Waals surface area contributed by atoms with Crippen LogP contribution in [0.15, 0.2) is 48.0 Å². The number of ketones is 1. The number of nitrogens with zero attached hydrogens (tertiary/aromatic N) is 1. The predicted molar refractivity (Wildman–Crippen MR) is 110 cm³/mol. The summed E-state index contributed by atoms with van der Waals surface area (Å²) in [5.74, 6) is -1.36. The molecule has 0 bridgehead atoms. The molecule has 1 aliphatic rings. The molecule has 2 aromatic rings. The molecule has 29 heavy (non-hydrogen) atoms. The summed E-state index contributed by atoms with van der Waals surface area (Å²) in [6.45, 7) is 4.32. The molecule has 0 saturated carbocycles. The third-order valence-corrected chi connectivity index (χ3v) is 5.14. The summed E-state index contributed by atoms with van der Waals surface area (Å²) >= 11 is 0. The second kappa shape index (κ2) is 8.39. The van der Waals surface area contributed by atoms with Gasteiger partial charge in [-0.25, -0.2) is 0 Å². The van der Waals surface area contributed by atoms with Gasteiger partial charge in [-0.1, -0.05) is 49.2 Å². The molecule has 3 rings (SSSR count). The number of methoxy groups -OCH3 is 1. The van der Waals surface area contributed by atoms with E-state index < -0.39 is 17.7 Å². The van der Waals surface area contributed by atoms with E-state index in [1.54, 1.807) is 24.3 Å². The molecule has 0 aliphatic carbocycles. The Morgan fingerprint density at radius 1 is 1.14 bits per heavy atom. The fourth-order valence-electron chi connectivity index (χ4n) is 3.52. The molecular formula is C23H25NO5. The van der Waals surface area contributed by atoms with Crippen LogP contribution in [0.1, 0.15) is 42.5 Å². The van der Waals surface area contributed by atoms with E-state index in [4.69, 9.17) is 4.74 Å². The van der Waals surface area contributed by atoms with Gasteiger partial charge in [-0.05, 0) is 31.0 Å². The minimum absolute atomic E-state index is 0.0414. The van der Waals surface area contributed by atoms with Gasteiger partial charge in [0.05, 0.1) is 18.7 Å². The third kappa shape index (κ3) is 3.83. The molecule has 1 heterocycles. The lowest BCUT2D eigenvalue weighted by molar-refractivity contribution is -0.139. The number of carbonyl (C=O) groups is 2. The highest BCUT2D eigenvalue weighted by Crippen LogP contribution is 2.41. The lowest BCUT2D eigenvalue weighted by Gasteiger charge is -2.25. The Morgan fingerprint density at radius 3 is 2.45 bits per heavy atom. The Hall–Kier alpha value is -3.28. The van der Waals surface area contributed by atoms with Crippen molar-refractivity contribution in [3.05, 3.63) is 64.7 Å². The van der Waals surface area contributed by atoms with Crippen LogP contribution in [0.4, 0.5) is 0 Å². The smallest absolute Gasteiger partial charge is 0.295 e. The molecular weight excluding hydrogens is 370 g/mol. The summed E-state index contributed by atoms with van der Waals surface area (Å²) in [5, 5.41) is 20.9. The number of phenols is 1. The number of benzene rings is 2. The zero-order chi connectivity index (χ0) is 21.1. The minimum atomic E-state index is -0.752. The van der Waals surface area contributed by atoms with Crippen molar-refractivity contribution in [3.8, 4) is 11.5 Å². The number of Topliss-reactive ketones (excluding diaryl/α,β-unsaturated/α-hetero) is 1. The highest BCUT2D eigenvalue weighted by Gasteiger charge is 2.45. The number of phenolic OH excluding ortho intramolecular Hbond substituents is 1. The van der Waals surface area contributed by atoms with Crippen molar-refractivity contribution < 1.29 is 24.5 Å². The number of carbonyl (C=O) groups excluding carboxylic acids is 2. The number of hydrogen-bond acceptors (Lipinski definition) is 5. The number of amides is 1. The van der Waals surface area contributed by atoms with Gasteiger partial charge in [0.15, 0.2) is 11.5 Å². The van der Waals surface area contributed by atoms with Crippen LogP contribution in [0, 0.1) is 6.92 Å². The first-order chi connectivity index (χ1) is 13.9. The average Bonchev–Trinajstić information content (AvgIpc) is 2.97. The number of unbranched alkanes of at least 4 members (excludes halogenated alkanes) is 1. The largest absolute Gasteiger partial charge is 0.507 e. The second-order valence-electron chi connectivity index (χ2n) is 7.14. The van der Waals surface area contributed by atoms with Gasteiger partial charge in [-0.2, -0.15) is 0 Å². The van der Waals surface area contributed by atoms with Crippen molar-refractivity contribution in [3.63, 3.8) is 0 Å². The van der Waals surface area contributed by atoms with E-state index in [-0.39, 0.29) is 22.8 Å². The van der Waals surface area contributed by atoms with Crippen molar-refractivity contribution in [2.24, 2.45) is 0 Å². The number of ether oxygens (including phenoxy) is 1. The van der Waals surface area contributed by atoms with Crippen LogP contribution >= 0.6 is 0 Å². The molecule has 2 aromatic carbocycles. The molecule has 1 fully saturated rings. The van der Waals surface area contributed by atoms with E-state index in [0.717, 1.165) is 18.4 Å². The van der Waals surface area contributed by atoms with E-state index in [1.165, 1.54) is 18.1 Å². The number of likely N-dealkylation sites (tertiary alicyclic amines) is 1. The molecule has 0 unspecified atom stereocenters. The van der Waals surface area contributed by atoms with Crippen LogP contribution < -0.4 is 4.74 Å². The van der Waals surface area contributed by atoms with Gasteiger partial charge in [-0.3, -0.25) is 9.59 Å².